The lowest BCUT2D eigenvalue weighted by Gasteiger charge is -2.16. The number of anilines is 1. The highest BCUT2D eigenvalue weighted by atomic mass is 16.3. The van der Waals surface area contributed by atoms with E-state index in [-0.39, 0.29) is 12.6 Å². The number of aromatic nitrogens is 1. The summed E-state index contributed by atoms with van der Waals surface area (Å²) in [5, 5.41) is 12.8. The first-order valence-corrected chi connectivity index (χ1v) is 8.09. The molecule has 1 atom stereocenters. The quantitative estimate of drug-likeness (QED) is 0.735. The van der Waals surface area contributed by atoms with Gasteiger partial charge in [-0.1, -0.05) is 24.3 Å². The molecule has 1 aliphatic rings. The highest BCUT2D eigenvalue weighted by molar-refractivity contribution is 5.77. The van der Waals surface area contributed by atoms with E-state index in [4.69, 9.17) is 4.42 Å². The first-order valence-electron chi connectivity index (χ1n) is 8.09. The zero-order chi connectivity index (χ0) is 15.8. The van der Waals surface area contributed by atoms with E-state index in [1.54, 1.807) is 0 Å². The van der Waals surface area contributed by atoms with Gasteiger partial charge in [0.15, 0.2) is 11.5 Å². The number of hydrogen-bond donors (Lipinski definition) is 2. The number of hydrogen-bond acceptors (Lipinski definition) is 4. The molecule has 0 amide bonds. The smallest absolute Gasteiger partial charge is 0.198 e. The summed E-state index contributed by atoms with van der Waals surface area (Å²) in [7, 11) is 0. The van der Waals surface area contributed by atoms with Crippen molar-refractivity contribution in [2.24, 2.45) is 0 Å². The summed E-state index contributed by atoms with van der Waals surface area (Å²) in [6.45, 7) is 2.17. The minimum Gasteiger partial charge on any atom is -0.440 e. The fourth-order valence-corrected chi connectivity index (χ4v) is 2.83. The lowest BCUT2D eigenvalue weighted by molar-refractivity contribution is 0.281. The first-order chi connectivity index (χ1) is 11.2. The Morgan fingerprint density at radius 1 is 1.26 bits per heavy atom. The summed E-state index contributed by atoms with van der Waals surface area (Å²) in [4.78, 5) is 4.55. The highest BCUT2D eigenvalue weighted by Gasteiger charge is 2.28. The van der Waals surface area contributed by atoms with Crippen LogP contribution in [0.15, 0.2) is 46.9 Å². The van der Waals surface area contributed by atoms with Crippen molar-refractivity contribution in [2.75, 3.05) is 5.32 Å². The van der Waals surface area contributed by atoms with E-state index < -0.39 is 0 Å². The minimum absolute atomic E-state index is 0.0640. The summed E-state index contributed by atoms with van der Waals surface area (Å²) in [6, 6.07) is 14.2. The van der Waals surface area contributed by atoms with Crippen LogP contribution in [0.1, 0.15) is 48.7 Å². The molecule has 2 N–H and O–H groups in total. The van der Waals surface area contributed by atoms with E-state index in [9.17, 15) is 5.11 Å². The molecule has 0 aliphatic heterocycles. The first kappa shape index (κ1) is 14.3. The Kier molecular flexibility index (Phi) is 3.54. The van der Waals surface area contributed by atoms with Gasteiger partial charge in [-0.2, -0.15) is 0 Å². The van der Waals surface area contributed by atoms with Crippen LogP contribution in [0.3, 0.4) is 0 Å². The van der Waals surface area contributed by atoms with Crippen LogP contribution in [0.25, 0.3) is 11.1 Å². The predicted octanol–water partition coefficient (Wildman–Crippen LogP) is 4.37. The molecule has 2 aromatic carbocycles. The molecule has 1 unspecified atom stereocenters. The van der Waals surface area contributed by atoms with E-state index in [0.717, 1.165) is 33.8 Å². The lowest BCUT2D eigenvalue weighted by Crippen LogP contribution is -2.06. The number of benzene rings is 2. The van der Waals surface area contributed by atoms with Crippen LogP contribution >= 0.6 is 0 Å². The molecule has 1 aliphatic carbocycles. The molecule has 1 fully saturated rings. The van der Waals surface area contributed by atoms with Crippen molar-refractivity contribution >= 4 is 16.8 Å². The van der Waals surface area contributed by atoms with Crippen LogP contribution in [0.5, 0.6) is 0 Å². The van der Waals surface area contributed by atoms with Crippen LogP contribution in [-0.2, 0) is 6.61 Å². The van der Waals surface area contributed by atoms with E-state index in [1.807, 2.05) is 36.4 Å². The van der Waals surface area contributed by atoms with E-state index in [2.05, 4.69) is 23.3 Å². The van der Waals surface area contributed by atoms with E-state index in [1.165, 1.54) is 12.8 Å². The summed E-state index contributed by atoms with van der Waals surface area (Å²) < 4.78 is 5.87. The number of nitrogens with one attached hydrogen (secondary N) is 1. The molecule has 3 aromatic rings. The summed E-state index contributed by atoms with van der Waals surface area (Å²) in [5.41, 5.74) is 4.85. The molecule has 0 bridgehead atoms. The molecule has 1 saturated carbocycles. The van der Waals surface area contributed by atoms with Gasteiger partial charge in [-0.25, -0.2) is 4.98 Å². The monoisotopic (exact) mass is 308 g/mol. The van der Waals surface area contributed by atoms with E-state index in [0.29, 0.717) is 5.92 Å². The van der Waals surface area contributed by atoms with Gasteiger partial charge in [0.2, 0.25) is 0 Å². The van der Waals surface area contributed by atoms with Crippen molar-refractivity contribution in [3.05, 3.63) is 59.5 Å². The number of nitrogens with zero attached hydrogens (tertiary/aromatic N) is 1. The Morgan fingerprint density at radius 2 is 2.13 bits per heavy atom. The fraction of sp³-hybridized carbons (Fsp3) is 0.316. The molecule has 118 valence electrons. The fourth-order valence-electron chi connectivity index (χ4n) is 2.83. The van der Waals surface area contributed by atoms with Gasteiger partial charge >= 0.3 is 0 Å². The summed E-state index contributed by atoms with van der Waals surface area (Å²) in [6.07, 6.45) is 2.38. The number of aliphatic hydroxyl groups excluding tert-OH is 1. The lowest BCUT2D eigenvalue weighted by atomic mass is 10.1. The van der Waals surface area contributed by atoms with Crippen LogP contribution in [0.4, 0.5) is 5.69 Å². The third kappa shape index (κ3) is 2.94. The van der Waals surface area contributed by atoms with Crippen molar-refractivity contribution in [3.8, 4) is 0 Å². The molecule has 1 heterocycles. The average molecular weight is 308 g/mol. The van der Waals surface area contributed by atoms with Crippen LogP contribution in [0.2, 0.25) is 0 Å². The van der Waals surface area contributed by atoms with Crippen molar-refractivity contribution in [1.29, 1.82) is 0 Å². The largest absolute Gasteiger partial charge is 0.440 e. The Balaban J connectivity index is 1.56. The Labute approximate surface area is 135 Å². The van der Waals surface area contributed by atoms with Gasteiger partial charge in [0.1, 0.15) is 5.52 Å². The van der Waals surface area contributed by atoms with Gasteiger partial charge in [-0.3, -0.25) is 0 Å². The number of oxazole rings is 1. The zero-order valence-corrected chi connectivity index (χ0v) is 13.1. The third-order valence-corrected chi connectivity index (χ3v) is 4.35. The SMILES string of the molecule is CC(Nc1ccc2nc(C3CC3)oc2c1)c1cccc(CO)c1. The minimum atomic E-state index is 0.0640. The van der Waals surface area contributed by atoms with Crippen molar-refractivity contribution in [1.82, 2.24) is 4.98 Å². The third-order valence-electron chi connectivity index (χ3n) is 4.35. The van der Waals surface area contributed by atoms with Crippen molar-refractivity contribution < 1.29 is 9.52 Å². The molecule has 1 aromatic heterocycles. The maximum absolute atomic E-state index is 9.26. The van der Waals surface area contributed by atoms with E-state index >= 15 is 0 Å². The molecule has 0 saturated heterocycles. The van der Waals surface area contributed by atoms with Gasteiger partial charge < -0.3 is 14.8 Å². The number of aliphatic hydroxyl groups is 1. The Bertz CT molecular complexity index is 836. The highest BCUT2D eigenvalue weighted by Crippen LogP contribution is 2.40. The van der Waals surface area contributed by atoms with Crippen LogP contribution in [-0.4, -0.2) is 10.1 Å². The number of rotatable bonds is 5. The predicted molar refractivity (Wildman–Crippen MR) is 90.4 cm³/mol. The molecule has 23 heavy (non-hydrogen) atoms. The van der Waals surface area contributed by atoms with Crippen LogP contribution in [0, 0.1) is 0 Å². The molecular weight excluding hydrogens is 288 g/mol. The molecule has 0 radical (unpaired) electrons. The van der Waals surface area contributed by atoms with Crippen molar-refractivity contribution in [2.45, 2.75) is 38.3 Å². The van der Waals surface area contributed by atoms with Gasteiger partial charge in [0.05, 0.1) is 6.61 Å². The van der Waals surface area contributed by atoms with Gasteiger partial charge in [0.25, 0.3) is 0 Å². The average Bonchev–Trinajstić information content (AvgIpc) is 3.34. The summed E-state index contributed by atoms with van der Waals surface area (Å²) >= 11 is 0. The van der Waals surface area contributed by atoms with Gasteiger partial charge in [0, 0.05) is 23.7 Å². The Morgan fingerprint density at radius 3 is 2.91 bits per heavy atom. The Hall–Kier alpha value is -2.33. The molecule has 4 nitrogen and oxygen atoms in total. The topological polar surface area (TPSA) is 58.3 Å². The molecule has 0 spiro atoms. The maximum Gasteiger partial charge on any atom is 0.198 e. The molecule has 4 rings (SSSR count). The van der Waals surface area contributed by atoms with Gasteiger partial charge in [-0.05, 0) is 43.0 Å². The standard InChI is InChI=1S/C19H20N2O2/c1-12(15-4-2-3-13(9-15)11-22)20-16-7-8-17-18(10-16)23-19(21-17)14-5-6-14/h2-4,7-10,12,14,20,22H,5-6,11H2,1H3. The van der Waals surface area contributed by atoms with Gasteiger partial charge in [-0.15, -0.1) is 0 Å². The second-order valence-electron chi connectivity index (χ2n) is 6.28. The van der Waals surface area contributed by atoms with Crippen LogP contribution < -0.4 is 5.32 Å². The molecular formula is C19H20N2O2. The zero-order valence-electron chi connectivity index (χ0n) is 13.1. The normalized spacial score (nSPS) is 15.7. The maximum atomic E-state index is 9.26. The number of fused-ring (bicyclic) bond motifs is 1. The second kappa shape index (κ2) is 5.70. The second-order valence-corrected chi connectivity index (χ2v) is 6.28. The van der Waals surface area contributed by atoms with Crippen molar-refractivity contribution in [3.63, 3.8) is 0 Å². The molecule has 4 heteroatoms. The summed E-state index contributed by atoms with van der Waals surface area (Å²) in [5.74, 6) is 1.40.